The van der Waals surface area contributed by atoms with Crippen molar-refractivity contribution in [2.45, 2.75) is 32.1 Å². The van der Waals surface area contributed by atoms with Gasteiger partial charge in [-0.05, 0) is 42.2 Å². The van der Waals surface area contributed by atoms with Crippen molar-refractivity contribution in [1.82, 2.24) is 24.8 Å². The molecule has 0 bridgehead atoms. The number of fused-ring (bicyclic) bond motifs is 1. The van der Waals surface area contributed by atoms with Gasteiger partial charge in [0, 0.05) is 62.0 Å². The fourth-order valence-corrected chi connectivity index (χ4v) is 5.71. The molecule has 2 aromatic heterocycles. The molecule has 1 N–H and O–H groups in total. The third kappa shape index (κ3) is 5.93. The van der Waals surface area contributed by atoms with Crippen LogP contribution in [0.25, 0.3) is 11.1 Å². The number of carbonyl (C=O) groups excluding carboxylic acids is 2. The maximum atomic E-state index is 15.2. The van der Waals surface area contributed by atoms with Gasteiger partial charge >= 0.3 is 17.9 Å². The van der Waals surface area contributed by atoms with E-state index in [-0.39, 0.29) is 30.8 Å². The van der Waals surface area contributed by atoms with Crippen LogP contribution >= 0.6 is 0 Å². The quantitative estimate of drug-likeness (QED) is 0.305. The zero-order valence-electron chi connectivity index (χ0n) is 23.7. The number of hydrogen-bond donors (Lipinski definition) is 1. The Morgan fingerprint density at radius 2 is 2.02 bits per heavy atom. The number of cyclic esters (lactones) is 1. The van der Waals surface area contributed by atoms with Crippen LogP contribution < -0.4 is 19.9 Å². The predicted molar refractivity (Wildman–Crippen MR) is 152 cm³/mol. The van der Waals surface area contributed by atoms with Crippen molar-refractivity contribution in [3.05, 3.63) is 58.7 Å². The standard InChI is InChI=1S/C28H31FN8O6/c1-18(38)30-13-21-14-36(27(39)42-21)20-4-5-22(23(29)11-20)19-3-6-24(31-12-19)34-9-7-33(8-10-34)16-28(2)17-35-15-25(37(40)41)32-26(35)43-28/h3-6,11-12,15,21H,7-10,13-14,16-17H2,1-2H3,(H,30,38)/t21-,28?/m0/s1. The van der Waals surface area contributed by atoms with E-state index >= 15 is 4.39 Å². The molecule has 5 heterocycles. The number of hydrogen-bond acceptors (Lipinski definition) is 10. The molecule has 2 saturated heterocycles. The number of imidazole rings is 1. The molecule has 3 aliphatic rings. The molecular weight excluding hydrogens is 563 g/mol. The Hall–Kier alpha value is -4.79. The maximum absolute atomic E-state index is 15.2. The van der Waals surface area contributed by atoms with Gasteiger partial charge in [0.2, 0.25) is 5.91 Å². The number of nitrogens with one attached hydrogen (secondary N) is 1. The van der Waals surface area contributed by atoms with Crippen LogP contribution in [0.5, 0.6) is 6.01 Å². The van der Waals surface area contributed by atoms with Crippen molar-refractivity contribution in [1.29, 1.82) is 0 Å². The van der Waals surface area contributed by atoms with Gasteiger partial charge in [0.05, 0.1) is 25.3 Å². The molecule has 14 nitrogen and oxygen atoms in total. The van der Waals surface area contributed by atoms with Crippen LogP contribution in [0.2, 0.25) is 0 Å². The summed E-state index contributed by atoms with van der Waals surface area (Å²) < 4.78 is 28.1. The zero-order valence-corrected chi connectivity index (χ0v) is 23.7. The van der Waals surface area contributed by atoms with Gasteiger partial charge in [0.15, 0.2) is 0 Å². The molecule has 226 valence electrons. The molecule has 1 unspecified atom stereocenters. The van der Waals surface area contributed by atoms with E-state index < -0.39 is 28.5 Å². The molecule has 3 aliphatic heterocycles. The molecule has 2 atom stereocenters. The first-order chi connectivity index (χ1) is 20.6. The van der Waals surface area contributed by atoms with E-state index in [2.05, 4.69) is 25.1 Å². The molecular formula is C28H31FN8O6. The highest BCUT2D eigenvalue weighted by atomic mass is 19.1. The summed E-state index contributed by atoms with van der Waals surface area (Å²) in [5, 5.41) is 13.6. The lowest BCUT2D eigenvalue weighted by Crippen LogP contribution is -2.53. The fraction of sp³-hybridized carbons (Fsp3) is 0.429. The van der Waals surface area contributed by atoms with Gasteiger partial charge in [-0.1, -0.05) is 0 Å². The Morgan fingerprint density at radius 1 is 1.23 bits per heavy atom. The van der Waals surface area contributed by atoms with Crippen LogP contribution in [0, 0.1) is 15.9 Å². The van der Waals surface area contributed by atoms with Crippen molar-refractivity contribution in [2.24, 2.45) is 0 Å². The third-order valence-electron chi connectivity index (χ3n) is 7.79. The van der Waals surface area contributed by atoms with E-state index in [1.807, 2.05) is 19.1 Å². The molecule has 2 amide bonds. The second kappa shape index (κ2) is 11.1. The van der Waals surface area contributed by atoms with Gasteiger partial charge in [-0.2, -0.15) is 0 Å². The lowest BCUT2D eigenvalue weighted by molar-refractivity contribution is -0.389. The number of piperazine rings is 1. The normalized spacial score (nSPS) is 21.8. The lowest BCUT2D eigenvalue weighted by Gasteiger charge is -2.38. The number of aromatic nitrogens is 3. The first-order valence-electron chi connectivity index (χ1n) is 13.9. The highest BCUT2D eigenvalue weighted by molar-refractivity contribution is 5.90. The van der Waals surface area contributed by atoms with E-state index in [0.29, 0.717) is 29.9 Å². The second-order valence-electron chi connectivity index (χ2n) is 11.2. The average molecular weight is 595 g/mol. The summed E-state index contributed by atoms with van der Waals surface area (Å²) in [6.45, 7) is 7.98. The van der Waals surface area contributed by atoms with Crippen molar-refractivity contribution < 1.29 is 28.4 Å². The smallest absolute Gasteiger partial charge is 0.415 e. The van der Waals surface area contributed by atoms with E-state index in [1.54, 1.807) is 22.9 Å². The first-order valence-corrected chi connectivity index (χ1v) is 13.9. The molecule has 2 fully saturated rings. The molecule has 43 heavy (non-hydrogen) atoms. The first kappa shape index (κ1) is 28.3. The molecule has 6 rings (SSSR count). The summed E-state index contributed by atoms with van der Waals surface area (Å²) in [5.41, 5.74) is 0.831. The van der Waals surface area contributed by atoms with Crippen LogP contribution in [-0.4, -0.2) is 93.9 Å². The van der Waals surface area contributed by atoms with E-state index in [0.717, 1.165) is 32.0 Å². The monoisotopic (exact) mass is 594 g/mol. The number of ether oxygens (including phenoxy) is 2. The number of carbonyl (C=O) groups is 2. The van der Waals surface area contributed by atoms with Crippen LogP contribution in [0.4, 0.5) is 26.5 Å². The van der Waals surface area contributed by atoms with E-state index in [9.17, 15) is 19.7 Å². The summed E-state index contributed by atoms with van der Waals surface area (Å²) in [7, 11) is 0. The summed E-state index contributed by atoms with van der Waals surface area (Å²) in [6.07, 6.45) is 1.95. The Kier molecular flexibility index (Phi) is 7.33. The number of rotatable bonds is 8. The molecule has 3 aromatic rings. The minimum atomic E-state index is -0.586. The number of amides is 2. The topological polar surface area (TPSA) is 148 Å². The van der Waals surface area contributed by atoms with Gasteiger partial charge < -0.3 is 29.8 Å². The number of anilines is 2. The van der Waals surface area contributed by atoms with Crippen LogP contribution in [-0.2, 0) is 16.1 Å². The van der Waals surface area contributed by atoms with Crippen LogP contribution in [0.3, 0.4) is 0 Å². The number of nitro groups is 1. The Labute approximate surface area is 246 Å². The summed E-state index contributed by atoms with van der Waals surface area (Å²) in [5.74, 6) is -0.130. The summed E-state index contributed by atoms with van der Waals surface area (Å²) in [6, 6.07) is 8.55. The minimum Gasteiger partial charge on any atom is -0.442 e. The number of halogens is 1. The Morgan fingerprint density at radius 3 is 2.67 bits per heavy atom. The Balaban J connectivity index is 1.03. The van der Waals surface area contributed by atoms with Crippen LogP contribution in [0.1, 0.15) is 13.8 Å². The van der Waals surface area contributed by atoms with E-state index in [4.69, 9.17) is 9.47 Å². The van der Waals surface area contributed by atoms with Crippen molar-refractivity contribution >= 4 is 29.3 Å². The zero-order chi connectivity index (χ0) is 30.3. The molecule has 0 aliphatic carbocycles. The Bertz CT molecular complexity index is 1530. The number of nitrogens with zero attached hydrogens (tertiary/aromatic N) is 7. The van der Waals surface area contributed by atoms with Gasteiger partial charge in [-0.15, -0.1) is 0 Å². The summed E-state index contributed by atoms with van der Waals surface area (Å²) >= 11 is 0. The molecule has 0 saturated carbocycles. The summed E-state index contributed by atoms with van der Waals surface area (Å²) in [4.78, 5) is 48.2. The largest absolute Gasteiger partial charge is 0.442 e. The van der Waals surface area contributed by atoms with Crippen molar-refractivity contribution in [3.8, 4) is 17.1 Å². The molecule has 1 aromatic carbocycles. The maximum Gasteiger partial charge on any atom is 0.415 e. The van der Waals surface area contributed by atoms with Gasteiger partial charge in [-0.3, -0.25) is 19.2 Å². The molecule has 15 heteroatoms. The lowest BCUT2D eigenvalue weighted by atomic mass is 10.1. The number of benzene rings is 1. The highest BCUT2D eigenvalue weighted by Crippen LogP contribution is 2.32. The van der Waals surface area contributed by atoms with Gasteiger partial charge in [0.1, 0.15) is 29.5 Å². The highest BCUT2D eigenvalue weighted by Gasteiger charge is 2.42. The second-order valence-corrected chi connectivity index (χ2v) is 11.2. The number of pyridine rings is 1. The van der Waals surface area contributed by atoms with Gasteiger partial charge in [0.25, 0.3) is 0 Å². The van der Waals surface area contributed by atoms with Crippen molar-refractivity contribution in [3.63, 3.8) is 0 Å². The van der Waals surface area contributed by atoms with Crippen molar-refractivity contribution in [2.75, 3.05) is 55.6 Å². The van der Waals surface area contributed by atoms with Gasteiger partial charge in [-0.25, -0.2) is 14.2 Å². The fourth-order valence-electron chi connectivity index (χ4n) is 5.71. The van der Waals surface area contributed by atoms with E-state index in [1.165, 1.54) is 24.1 Å². The minimum absolute atomic E-state index is 0.195. The molecule has 0 radical (unpaired) electrons. The average Bonchev–Trinajstić information content (AvgIpc) is 3.63. The SMILES string of the molecule is CC(=O)NC[C@H]1CN(c2ccc(-c3ccc(N4CCN(CC5(C)Cn6cc([N+](=O)[O-])nc6O5)CC4)nc3)c(F)c2)C(=O)O1. The third-order valence-corrected chi connectivity index (χ3v) is 7.79. The molecule has 0 spiro atoms. The van der Waals surface area contributed by atoms with Crippen LogP contribution in [0.15, 0.2) is 42.7 Å². The predicted octanol–water partition coefficient (Wildman–Crippen LogP) is 2.43.